The summed E-state index contributed by atoms with van der Waals surface area (Å²) in [5, 5.41) is 3.35. The van der Waals surface area contributed by atoms with E-state index in [9.17, 15) is 4.39 Å². The topological polar surface area (TPSA) is 30.5 Å². The van der Waals surface area contributed by atoms with Crippen LogP contribution >= 0.6 is 0 Å². The second kappa shape index (κ2) is 6.24. The highest BCUT2D eigenvalue weighted by molar-refractivity contribution is 5.49. The molecule has 0 spiro atoms. The van der Waals surface area contributed by atoms with Gasteiger partial charge in [-0.15, -0.1) is 0 Å². The Morgan fingerprint density at radius 1 is 1.37 bits per heavy atom. The van der Waals surface area contributed by atoms with E-state index in [4.69, 9.17) is 9.47 Å². The Hall–Kier alpha value is -1.29. The molecule has 1 N–H and O–H groups in total. The predicted molar refractivity (Wildman–Crippen MR) is 73.6 cm³/mol. The van der Waals surface area contributed by atoms with Crippen molar-refractivity contribution in [2.75, 3.05) is 20.2 Å². The molecule has 0 amide bonds. The van der Waals surface area contributed by atoms with E-state index in [2.05, 4.69) is 5.32 Å². The highest BCUT2D eigenvalue weighted by atomic mass is 19.1. The van der Waals surface area contributed by atoms with Gasteiger partial charge >= 0.3 is 0 Å². The molecule has 106 valence electrons. The lowest BCUT2D eigenvalue weighted by Gasteiger charge is -2.26. The molecule has 4 heteroatoms. The lowest BCUT2D eigenvalue weighted by molar-refractivity contribution is 0.224. The van der Waals surface area contributed by atoms with Crippen molar-refractivity contribution in [1.29, 1.82) is 0 Å². The third-order valence-electron chi connectivity index (χ3n) is 3.36. The number of ether oxygens (including phenoxy) is 2. The van der Waals surface area contributed by atoms with Crippen molar-refractivity contribution >= 4 is 0 Å². The Labute approximate surface area is 114 Å². The maximum Gasteiger partial charge on any atom is 0.165 e. The van der Waals surface area contributed by atoms with E-state index in [0.717, 1.165) is 31.5 Å². The van der Waals surface area contributed by atoms with Crippen LogP contribution in [0.25, 0.3) is 0 Å². The fourth-order valence-corrected chi connectivity index (χ4v) is 2.52. The molecule has 1 aliphatic rings. The summed E-state index contributed by atoms with van der Waals surface area (Å²) in [4.78, 5) is 0. The number of rotatable bonds is 4. The fraction of sp³-hybridized carbons (Fsp3) is 0.600. The molecule has 1 fully saturated rings. The van der Waals surface area contributed by atoms with Crippen LogP contribution < -0.4 is 14.8 Å². The summed E-state index contributed by atoms with van der Waals surface area (Å²) in [5.41, 5.74) is 0.915. The Kier molecular flexibility index (Phi) is 4.64. The lowest BCUT2D eigenvalue weighted by Crippen LogP contribution is -2.29. The highest BCUT2D eigenvalue weighted by Crippen LogP contribution is 2.39. The van der Waals surface area contributed by atoms with E-state index in [1.807, 2.05) is 13.8 Å². The van der Waals surface area contributed by atoms with Gasteiger partial charge in [-0.05, 0) is 39.3 Å². The lowest BCUT2D eigenvalue weighted by atomic mass is 9.90. The minimum atomic E-state index is -0.270. The molecule has 1 heterocycles. The summed E-state index contributed by atoms with van der Waals surface area (Å²) >= 11 is 0. The number of hydrogen-bond donors (Lipinski definition) is 1. The molecular formula is C15H22FNO2. The molecule has 1 aromatic rings. The van der Waals surface area contributed by atoms with Crippen LogP contribution in [-0.2, 0) is 0 Å². The third-order valence-corrected chi connectivity index (χ3v) is 3.36. The SMILES string of the molecule is COc1cc(F)cc(C2CCCNC2)c1OC(C)C. The Morgan fingerprint density at radius 3 is 2.74 bits per heavy atom. The summed E-state index contributed by atoms with van der Waals surface area (Å²) in [7, 11) is 1.55. The first-order valence-corrected chi connectivity index (χ1v) is 6.86. The number of piperidine rings is 1. The van der Waals surface area contributed by atoms with Gasteiger partial charge in [0.2, 0.25) is 0 Å². The number of benzene rings is 1. The first-order valence-electron chi connectivity index (χ1n) is 6.86. The first kappa shape index (κ1) is 14.1. The van der Waals surface area contributed by atoms with Crippen molar-refractivity contribution in [1.82, 2.24) is 5.32 Å². The van der Waals surface area contributed by atoms with Gasteiger partial charge < -0.3 is 14.8 Å². The molecule has 0 radical (unpaired) electrons. The Bertz CT molecular complexity index is 428. The monoisotopic (exact) mass is 267 g/mol. The zero-order chi connectivity index (χ0) is 13.8. The van der Waals surface area contributed by atoms with Crippen molar-refractivity contribution in [3.8, 4) is 11.5 Å². The average molecular weight is 267 g/mol. The first-order chi connectivity index (χ1) is 9.11. The van der Waals surface area contributed by atoms with Crippen molar-refractivity contribution in [3.05, 3.63) is 23.5 Å². The summed E-state index contributed by atoms with van der Waals surface area (Å²) in [6.45, 7) is 5.82. The zero-order valence-electron chi connectivity index (χ0n) is 11.8. The summed E-state index contributed by atoms with van der Waals surface area (Å²) in [5.74, 6) is 1.18. The van der Waals surface area contributed by atoms with Gasteiger partial charge in [-0.2, -0.15) is 0 Å². The summed E-state index contributed by atoms with van der Waals surface area (Å²) < 4.78 is 24.9. The molecule has 1 saturated heterocycles. The Morgan fingerprint density at radius 2 is 2.16 bits per heavy atom. The van der Waals surface area contributed by atoms with E-state index in [1.54, 1.807) is 13.2 Å². The van der Waals surface area contributed by atoms with Crippen LogP contribution in [0.4, 0.5) is 4.39 Å². The third kappa shape index (κ3) is 3.38. The predicted octanol–water partition coefficient (Wildman–Crippen LogP) is 3.09. The van der Waals surface area contributed by atoms with Crippen molar-refractivity contribution in [2.45, 2.75) is 38.7 Å². The van der Waals surface area contributed by atoms with Crippen LogP contribution in [0.15, 0.2) is 12.1 Å². The van der Waals surface area contributed by atoms with E-state index in [1.165, 1.54) is 6.07 Å². The van der Waals surface area contributed by atoms with Gasteiger partial charge in [0.25, 0.3) is 0 Å². The maximum absolute atomic E-state index is 13.7. The van der Waals surface area contributed by atoms with Crippen LogP contribution in [0.3, 0.4) is 0 Å². The second-order valence-corrected chi connectivity index (χ2v) is 5.24. The molecule has 1 unspecified atom stereocenters. The number of methoxy groups -OCH3 is 1. The normalized spacial score (nSPS) is 19.5. The molecular weight excluding hydrogens is 245 g/mol. The highest BCUT2D eigenvalue weighted by Gasteiger charge is 2.23. The summed E-state index contributed by atoms with van der Waals surface area (Å²) in [6, 6.07) is 2.97. The number of nitrogens with one attached hydrogen (secondary N) is 1. The van der Waals surface area contributed by atoms with Crippen LogP contribution in [0.1, 0.15) is 38.2 Å². The van der Waals surface area contributed by atoms with Gasteiger partial charge in [-0.25, -0.2) is 4.39 Å². The smallest absolute Gasteiger partial charge is 0.165 e. The van der Waals surface area contributed by atoms with Crippen LogP contribution in [0, 0.1) is 5.82 Å². The van der Waals surface area contributed by atoms with Crippen LogP contribution in [0.5, 0.6) is 11.5 Å². The maximum atomic E-state index is 13.7. The zero-order valence-corrected chi connectivity index (χ0v) is 11.8. The molecule has 0 aliphatic carbocycles. The van der Waals surface area contributed by atoms with Crippen molar-refractivity contribution in [2.24, 2.45) is 0 Å². The minimum Gasteiger partial charge on any atom is -0.493 e. The van der Waals surface area contributed by atoms with Crippen LogP contribution in [-0.4, -0.2) is 26.3 Å². The molecule has 0 bridgehead atoms. The van der Waals surface area contributed by atoms with Gasteiger partial charge in [0.1, 0.15) is 5.82 Å². The van der Waals surface area contributed by atoms with Gasteiger partial charge in [-0.1, -0.05) is 0 Å². The average Bonchev–Trinajstić information content (AvgIpc) is 2.40. The molecule has 3 nitrogen and oxygen atoms in total. The molecule has 0 saturated carbocycles. The standard InChI is InChI=1S/C15H22FNO2/c1-10(2)19-15-13(11-5-4-6-17-9-11)7-12(16)8-14(15)18-3/h7-8,10-11,17H,4-6,9H2,1-3H3. The van der Waals surface area contributed by atoms with E-state index < -0.39 is 0 Å². The van der Waals surface area contributed by atoms with E-state index >= 15 is 0 Å². The Balaban J connectivity index is 2.40. The molecule has 1 aromatic carbocycles. The number of halogens is 1. The van der Waals surface area contributed by atoms with E-state index in [-0.39, 0.29) is 17.8 Å². The van der Waals surface area contributed by atoms with Crippen LogP contribution in [0.2, 0.25) is 0 Å². The fourth-order valence-electron chi connectivity index (χ4n) is 2.52. The van der Waals surface area contributed by atoms with Gasteiger partial charge in [0.05, 0.1) is 13.2 Å². The molecule has 1 atom stereocenters. The molecule has 1 aliphatic heterocycles. The van der Waals surface area contributed by atoms with Gasteiger partial charge in [0.15, 0.2) is 11.5 Å². The number of hydrogen-bond acceptors (Lipinski definition) is 3. The van der Waals surface area contributed by atoms with E-state index in [0.29, 0.717) is 11.5 Å². The quantitative estimate of drug-likeness (QED) is 0.909. The largest absolute Gasteiger partial charge is 0.493 e. The van der Waals surface area contributed by atoms with Gasteiger partial charge in [-0.3, -0.25) is 0 Å². The van der Waals surface area contributed by atoms with Crippen molar-refractivity contribution < 1.29 is 13.9 Å². The molecule has 0 aromatic heterocycles. The minimum absolute atomic E-state index is 0.0367. The summed E-state index contributed by atoms with van der Waals surface area (Å²) in [6.07, 6.45) is 2.19. The molecule has 2 rings (SSSR count). The van der Waals surface area contributed by atoms with Crippen molar-refractivity contribution in [3.63, 3.8) is 0 Å². The second-order valence-electron chi connectivity index (χ2n) is 5.24. The van der Waals surface area contributed by atoms with Gasteiger partial charge in [0, 0.05) is 24.1 Å². The molecule has 19 heavy (non-hydrogen) atoms.